The van der Waals surface area contributed by atoms with Gasteiger partial charge in [-0.1, -0.05) is 37.3 Å². The van der Waals surface area contributed by atoms with Crippen LogP contribution in [-0.2, 0) is 41.6 Å². The number of hydrogen-bond donors (Lipinski definition) is 2. The number of methoxy groups -OCH3 is 3. The molecule has 0 amide bonds. The number of anilines is 1. The zero-order valence-electron chi connectivity index (χ0n) is 26.9. The van der Waals surface area contributed by atoms with Crippen molar-refractivity contribution in [1.29, 1.82) is 0 Å². The summed E-state index contributed by atoms with van der Waals surface area (Å²) in [6, 6.07) is 14.9. The highest BCUT2D eigenvalue weighted by molar-refractivity contribution is 5.61. The van der Waals surface area contributed by atoms with Crippen molar-refractivity contribution in [3.63, 3.8) is 0 Å². The van der Waals surface area contributed by atoms with Gasteiger partial charge in [0.05, 0.1) is 64.1 Å². The molecule has 2 N–H and O–H groups in total. The number of benzene rings is 2. The summed E-state index contributed by atoms with van der Waals surface area (Å²) in [5.41, 5.74) is 4.46. The summed E-state index contributed by atoms with van der Waals surface area (Å²) in [5.74, 6) is 1.24. The largest absolute Gasteiger partial charge is 0.490 e. The van der Waals surface area contributed by atoms with Crippen molar-refractivity contribution in [2.24, 2.45) is 5.92 Å². The van der Waals surface area contributed by atoms with Gasteiger partial charge in [0.15, 0.2) is 0 Å². The van der Waals surface area contributed by atoms with Crippen molar-refractivity contribution >= 4 is 5.69 Å². The highest BCUT2D eigenvalue weighted by Crippen LogP contribution is 2.34. The van der Waals surface area contributed by atoms with Crippen LogP contribution in [0.5, 0.6) is 5.75 Å². The van der Waals surface area contributed by atoms with Crippen LogP contribution < -0.4 is 15.0 Å². The molecule has 2 aromatic carbocycles. The first-order valence-electron chi connectivity index (χ1n) is 15.8. The molecule has 10 nitrogen and oxygen atoms in total. The number of aliphatic hydroxyl groups is 1. The maximum atomic E-state index is 10.3. The molecule has 2 heterocycles. The van der Waals surface area contributed by atoms with E-state index in [1.807, 2.05) is 6.07 Å². The Bertz CT molecular complexity index is 1090. The number of nitrogens with zero attached hydrogens (tertiary/aromatic N) is 1. The highest BCUT2D eigenvalue weighted by Gasteiger charge is 2.36. The second-order valence-electron chi connectivity index (χ2n) is 11.8. The van der Waals surface area contributed by atoms with Gasteiger partial charge in [-0.05, 0) is 35.2 Å². The minimum Gasteiger partial charge on any atom is -0.490 e. The third-order valence-electron chi connectivity index (χ3n) is 8.06. The predicted molar refractivity (Wildman–Crippen MR) is 170 cm³/mol. The van der Waals surface area contributed by atoms with Crippen LogP contribution in [0.2, 0.25) is 0 Å². The monoisotopic (exact) mass is 616 g/mol. The molecule has 2 aliphatic rings. The number of rotatable bonds is 19. The van der Waals surface area contributed by atoms with E-state index < -0.39 is 6.10 Å². The first-order chi connectivity index (χ1) is 21.5. The van der Waals surface area contributed by atoms with E-state index in [0.29, 0.717) is 52.0 Å². The molecular weight excluding hydrogens is 564 g/mol. The van der Waals surface area contributed by atoms with Gasteiger partial charge in [-0.3, -0.25) is 0 Å². The van der Waals surface area contributed by atoms with E-state index in [9.17, 15) is 5.11 Å². The van der Waals surface area contributed by atoms with Crippen molar-refractivity contribution in [2.75, 3.05) is 92.0 Å². The number of piperidine rings is 1. The van der Waals surface area contributed by atoms with Gasteiger partial charge in [0.25, 0.3) is 0 Å². The van der Waals surface area contributed by atoms with Crippen molar-refractivity contribution < 1.29 is 38.3 Å². The molecule has 2 aromatic rings. The lowest BCUT2D eigenvalue weighted by Crippen LogP contribution is -2.51. The van der Waals surface area contributed by atoms with Gasteiger partial charge in [0, 0.05) is 59.4 Å². The van der Waals surface area contributed by atoms with Gasteiger partial charge in [0.2, 0.25) is 0 Å². The summed E-state index contributed by atoms with van der Waals surface area (Å²) in [4.78, 5) is 2.37. The summed E-state index contributed by atoms with van der Waals surface area (Å²) < 4.78 is 40.4. The second kappa shape index (κ2) is 18.6. The van der Waals surface area contributed by atoms with Crippen molar-refractivity contribution in [1.82, 2.24) is 5.32 Å². The molecule has 0 bridgehead atoms. The van der Waals surface area contributed by atoms with Crippen LogP contribution in [-0.4, -0.2) is 111 Å². The molecule has 0 radical (unpaired) electrons. The standard InChI is InChI=1S/C34H52N2O8/c1-25(19-39-3)20-41-21-26-6-9-28(10-7-26)34-32(17-35-18-33(34)44-24-29(37)23-40-4)43-22-27-8-11-31-30(16-27)36(13-15-42-31)12-5-14-38-2/h6-11,16,25,29,32-35,37H,5,12-15,17-24H2,1-4H3/t25-,29+,32+,33-,34-/m1/s1. The average Bonchev–Trinajstić information content (AvgIpc) is 3.03. The lowest BCUT2D eigenvalue weighted by atomic mass is 9.85. The Labute approximate surface area is 262 Å². The first kappa shape index (κ1) is 34.6. The quantitative estimate of drug-likeness (QED) is 0.229. The number of hydrogen-bond acceptors (Lipinski definition) is 10. The summed E-state index contributed by atoms with van der Waals surface area (Å²) in [6.07, 6.45) is -0.0305. The van der Waals surface area contributed by atoms with Crippen LogP contribution in [0.3, 0.4) is 0 Å². The maximum Gasteiger partial charge on any atom is 0.142 e. The fraction of sp³-hybridized carbons (Fsp3) is 0.647. The summed E-state index contributed by atoms with van der Waals surface area (Å²) >= 11 is 0. The van der Waals surface area contributed by atoms with E-state index in [1.165, 1.54) is 0 Å². The van der Waals surface area contributed by atoms with E-state index in [2.05, 4.69) is 53.5 Å². The molecule has 0 saturated carbocycles. The van der Waals surface area contributed by atoms with E-state index >= 15 is 0 Å². The molecule has 246 valence electrons. The summed E-state index contributed by atoms with van der Waals surface area (Å²) in [5, 5.41) is 13.8. The molecule has 0 aliphatic carbocycles. The highest BCUT2D eigenvalue weighted by atomic mass is 16.5. The van der Waals surface area contributed by atoms with Gasteiger partial charge in [-0.15, -0.1) is 0 Å². The van der Waals surface area contributed by atoms with Crippen LogP contribution >= 0.6 is 0 Å². The van der Waals surface area contributed by atoms with E-state index in [1.54, 1.807) is 21.3 Å². The third-order valence-corrected chi connectivity index (χ3v) is 8.06. The van der Waals surface area contributed by atoms with Gasteiger partial charge >= 0.3 is 0 Å². The van der Waals surface area contributed by atoms with Gasteiger partial charge in [0.1, 0.15) is 18.5 Å². The zero-order chi connectivity index (χ0) is 31.1. The van der Waals surface area contributed by atoms with Gasteiger partial charge in [-0.2, -0.15) is 0 Å². The Kier molecular flexibility index (Phi) is 14.6. The van der Waals surface area contributed by atoms with Gasteiger partial charge in [-0.25, -0.2) is 0 Å². The molecule has 5 atom stereocenters. The summed E-state index contributed by atoms with van der Waals surface area (Å²) in [6.45, 7) is 9.45. The first-order valence-corrected chi connectivity index (χ1v) is 15.8. The molecular formula is C34H52N2O8. The lowest BCUT2D eigenvalue weighted by Gasteiger charge is -2.39. The normalized spacial score (nSPS) is 21.5. The SMILES string of the molecule is COCCCN1CCOc2ccc(CO[C@H]3CNC[C@@H](OC[C@@H](O)COC)[C@@H]3c3ccc(COC[C@H](C)COC)cc3)cc21. The Balaban J connectivity index is 1.45. The third kappa shape index (κ3) is 10.4. The summed E-state index contributed by atoms with van der Waals surface area (Å²) in [7, 11) is 5.03. The van der Waals surface area contributed by atoms with Gasteiger partial charge < -0.3 is 48.5 Å². The number of fused-ring (bicyclic) bond motifs is 1. The minimum absolute atomic E-state index is 0.0193. The van der Waals surface area contributed by atoms with Crippen LogP contribution in [0.15, 0.2) is 42.5 Å². The molecule has 2 aliphatic heterocycles. The maximum absolute atomic E-state index is 10.3. The molecule has 10 heteroatoms. The molecule has 1 saturated heterocycles. The van der Waals surface area contributed by atoms with Crippen LogP contribution in [0.4, 0.5) is 5.69 Å². The zero-order valence-corrected chi connectivity index (χ0v) is 26.9. The molecule has 0 unspecified atom stereocenters. The van der Waals surface area contributed by atoms with E-state index in [-0.39, 0.29) is 31.3 Å². The Morgan fingerprint density at radius 2 is 1.64 bits per heavy atom. The number of nitrogens with one attached hydrogen (secondary N) is 1. The molecule has 0 spiro atoms. The fourth-order valence-corrected chi connectivity index (χ4v) is 5.88. The van der Waals surface area contributed by atoms with E-state index in [4.69, 9.17) is 33.2 Å². The van der Waals surface area contributed by atoms with Crippen LogP contribution in [0.1, 0.15) is 36.0 Å². The number of aliphatic hydroxyl groups excluding tert-OH is 1. The van der Waals surface area contributed by atoms with Crippen molar-refractivity contribution in [3.05, 3.63) is 59.2 Å². The smallest absolute Gasteiger partial charge is 0.142 e. The van der Waals surface area contributed by atoms with Crippen molar-refractivity contribution in [2.45, 2.75) is 50.8 Å². The topological polar surface area (TPSA) is 100 Å². The predicted octanol–water partition coefficient (Wildman–Crippen LogP) is 3.39. The van der Waals surface area contributed by atoms with Crippen LogP contribution in [0, 0.1) is 5.92 Å². The molecule has 4 rings (SSSR count). The van der Waals surface area contributed by atoms with Crippen molar-refractivity contribution in [3.8, 4) is 5.75 Å². The fourth-order valence-electron chi connectivity index (χ4n) is 5.88. The molecule has 44 heavy (non-hydrogen) atoms. The van der Waals surface area contributed by atoms with Crippen LogP contribution in [0.25, 0.3) is 0 Å². The number of ether oxygens (including phenoxy) is 7. The minimum atomic E-state index is -0.688. The second-order valence-corrected chi connectivity index (χ2v) is 11.8. The Morgan fingerprint density at radius 3 is 2.39 bits per heavy atom. The Morgan fingerprint density at radius 1 is 0.886 bits per heavy atom. The Hall–Kier alpha value is -2.28. The lowest BCUT2D eigenvalue weighted by molar-refractivity contribution is -0.0856. The molecule has 1 fully saturated rings. The van der Waals surface area contributed by atoms with E-state index in [0.717, 1.165) is 54.2 Å². The molecule has 0 aromatic heterocycles. The average molecular weight is 617 g/mol.